The fraction of sp³-hybridized carbons (Fsp3) is 0.684. The summed E-state index contributed by atoms with van der Waals surface area (Å²) in [5.41, 5.74) is 8.53. The monoisotopic (exact) mass is 275 g/mol. The molecule has 1 atom stereocenters. The molecule has 0 aliphatic heterocycles. The van der Waals surface area contributed by atoms with Gasteiger partial charge in [0.2, 0.25) is 0 Å². The molecule has 1 nitrogen and oxygen atoms in total. The van der Waals surface area contributed by atoms with E-state index in [9.17, 15) is 0 Å². The topological polar surface area (TPSA) is 26.0 Å². The Bertz CT molecular complexity index is 328. The van der Waals surface area contributed by atoms with Crippen LogP contribution >= 0.6 is 0 Å². The number of hydrogen-bond acceptors (Lipinski definition) is 1. The van der Waals surface area contributed by atoms with Gasteiger partial charge in [-0.1, -0.05) is 76.6 Å². The van der Waals surface area contributed by atoms with E-state index in [1.807, 2.05) is 0 Å². The second kappa shape index (κ2) is 10.9. The Balaban J connectivity index is 2.56. The van der Waals surface area contributed by atoms with Crippen molar-refractivity contribution < 1.29 is 0 Å². The third-order valence-corrected chi connectivity index (χ3v) is 4.20. The molecule has 0 saturated heterocycles. The molecule has 0 amide bonds. The first kappa shape index (κ1) is 17.2. The van der Waals surface area contributed by atoms with Crippen LogP contribution in [0.3, 0.4) is 0 Å². The highest BCUT2D eigenvalue weighted by atomic mass is 14.5. The van der Waals surface area contributed by atoms with Crippen molar-refractivity contribution in [2.75, 3.05) is 6.54 Å². The Labute approximate surface area is 126 Å². The summed E-state index contributed by atoms with van der Waals surface area (Å²) >= 11 is 0. The maximum absolute atomic E-state index is 5.62. The minimum atomic E-state index is 0.746. The van der Waals surface area contributed by atoms with Crippen molar-refractivity contribution in [3.8, 4) is 0 Å². The van der Waals surface area contributed by atoms with Gasteiger partial charge in [0.15, 0.2) is 0 Å². The van der Waals surface area contributed by atoms with Crippen LogP contribution in [-0.4, -0.2) is 6.54 Å². The highest BCUT2D eigenvalue weighted by Gasteiger charge is 2.10. The average molecular weight is 275 g/mol. The fourth-order valence-electron chi connectivity index (χ4n) is 2.87. The SMILES string of the molecule is CCCCCCC(CCCC)c1ccc(CCN)cc1. The van der Waals surface area contributed by atoms with Gasteiger partial charge in [0.25, 0.3) is 0 Å². The molecule has 1 rings (SSSR count). The summed E-state index contributed by atoms with van der Waals surface area (Å²) < 4.78 is 0. The second-order valence-electron chi connectivity index (χ2n) is 5.97. The van der Waals surface area contributed by atoms with Crippen LogP contribution in [0.4, 0.5) is 0 Å². The summed E-state index contributed by atoms with van der Waals surface area (Å²) in [6.45, 7) is 5.32. The van der Waals surface area contributed by atoms with E-state index in [0.717, 1.165) is 18.9 Å². The van der Waals surface area contributed by atoms with Gasteiger partial charge in [-0.15, -0.1) is 0 Å². The fourth-order valence-corrected chi connectivity index (χ4v) is 2.87. The molecule has 0 spiro atoms. The lowest BCUT2D eigenvalue weighted by atomic mass is 9.88. The molecule has 2 N–H and O–H groups in total. The standard InChI is InChI=1S/C19H33N/c1-3-5-7-8-10-18(9-6-4-2)19-13-11-17(12-14-19)15-16-20/h11-14,18H,3-10,15-16,20H2,1-2H3. The number of benzene rings is 1. The summed E-state index contributed by atoms with van der Waals surface area (Å²) in [7, 11) is 0. The molecule has 1 unspecified atom stereocenters. The Kier molecular flexibility index (Phi) is 9.40. The van der Waals surface area contributed by atoms with Gasteiger partial charge in [-0.2, -0.15) is 0 Å². The van der Waals surface area contributed by atoms with Crippen molar-refractivity contribution in [3.63, 3.8) is 0 Å². The van der Waals surface area contributed by atoms with Crippen molar-refractivity contribution in [2.45, 2.75) is 77.6 Å². The molecule has 20 heavy (non-hydrogen) atoms. The third kappa shape index (κ3) is 6.56. The number of hydrogen-bond donors (Lipinski definition) is 1. The smallest absolute Gasteiger partial charge is 0.00367 e. The van der Waals surface area contributed by atoms with Crippen LogP contribution in [-0.2, 0) is 6.42 Å². The molecule has 0 saturated carbocycles. The molecule has 0 fully saturated rings. The molecule has 0 bridgehead atoms. The van der Waals surface area contributed by atoms with Gasteiger partial charge in [0, 0.05) is 0 Å². The molecule has 0 aliphatic rings. The highest BCUT2D eigenvalue weighted by molar-refractivity contribution is 5.25. The molecule has 0 radical (unpaired) electrons. The van der Waals surface area contributed by atoms with E-state index >= 15 is 0 Å². The van der Waals surface area contributed by atoms with Gasteiger partial charge in [0.1, 0.15) is 0 Å². The predicted octanol–water partition coefficient (Wildman–Crippen LogP) is 5.43. The van der Waals surface area contributed by atoms with Crippen LogP contribution in [0.1, 0.15) is 82.3 Å². The van der Waals surface area contributed by atoms with Gasteiger partial charge in [-0.3, -0.25) is 0 Å². The number of unbranched alkanes of at least 4 members (excludes halogenated alkanes) is 4. The zero-order chi connectivity index (χ0) is 14.6. The van der Waals surface area contributed by atoms with Gasteiger partial charge in [0.05, 0.1) is 0 Å². The maximum Gasteiger partial charge on any atom is -0.00367 e. The minimum absolute atomic E-state index is 0.746. The van der Waals surface area contributed by atoms with E-state index in [-0.39, 0.29) is 0 Å². The molecule has 0 heterocycles. The highest BCUT2D eigenvalue weighted by Crippen LogP contribution is 2.28. The summed E-state index contributed by atoms with van der Waals surface area (Å²) in [5, 5.41) is 0. The van der Waals surface area contributed by atoms with Gasteiger partial charge in [-0.05, 0) is 42.9 Å². The van der Waals surface area contributed by atoms with E-state index in [4.69, 9.17) is 5.73 Å². The van der Waals surface area contributed by atoms with Gasteiger partial charge >= 0.3 is 0 Å². The molecule has 0 aliphatic carbocycles. The third-order valence-electron chi connectivity index (χ3n) is 4.20. The maximum atomic E-state index is 5.62. The Morgan fingerprint density at radius 2 is 1.50 bits per heavy atom. The minimum Gasteiger partial charge on any atom is -0.330 e. The van der Waals surface area contributed by atoms with Crippen molar-refractivity contribution in [1.82, 2.24) is 0 Å². The second-order valence-corrected chi connectivity index (χ2v) is 5.97. The first-order valence-corrected chi connectivity index (χ1v) is 8.60. The normalized spacial score (nSPS) is 12.6. The van der Waals surface area contributed by atoms with Crippen LogP contribution in [0.25, 0.3) is 0 Å². The Morgan fingerprint density at radius 1 is 0.850 bits per heavy atom. The van der Waals surface area contributed by atoms with Crippen molar-refractivity contribution in [2.24, 2.45) is 5.73 Å². The van der Waals surface area contributed by atoms with Crippen molar-refractivity contribution in [1.29, 1.82) is 0 Å². The molecule has 1 heteroatoms. The lowest BCUT2D eigenvalue weighted by molar-refractivity contribution is 0.509. The van der Waals surface area contributed by atoms with Crippen LogP contribution < -0.4 is 5.73 Å². The molecule has 1 aromatic carbocycles. The largest absolute Gasteiger partial charge is 0.330 e. The quantitative estimate of drug-likeness (QED) is 0.535. The molecule has 0 aromatic heterocycles. The van der Waals surface area contributed by atoms with E-state index in [0.29, 0.717) is 0 Å². The van der Waals surface area contributed by atoms with Gasteiger partial charge in [-0.25, -0.2) is 0 Å². The molecule has 1 aromatic rings. The summed E-state index contributed by atoms with van der Waals surface area (Å²) in [6, 6.07) is 9.22. The first-order valence-electron chi connectivity index (χ1n) is 8.60. The van der Waals surface area contributed by atoms with Crippen LogP contribution in [0.15, 0.2) is 24.3 Å². The van der Waals surface area contributed by atoms with E-state index in [2.05, 4.69) is 38.1 Å². The molecule has 114 valence electrons. The zero-order valence-corrected chi connectivity index (χ0v) is 13.5. The van der Waals surface area contributed by atoms with E-state index in [1.165, 1.54) is 62.5 Å². The van der Waals surface area contributed by atoms with Crippen LogP contribution in [0.2, 0.25) is 0 Å². The number of rotatable bonds is 11. The summed E-state index contributed by atoms with van der Waals surface area (Å²) in [5.74, 6) is 0.763. The average Bonchev–Trinajstić information content (AvgIpc) is 2.48. The summed E-state index contributed by atoms with van der Waals surface area (Å²) in [6.07, 6.45) is 11.8. The van der Waals surface area contributed by atoms with Crippen molar-refractivity contribution >= 4 is 0 Å². The lowest BCUT2D eigenvalue weighted by Crippen LogP contribution is -2.04. The molecular formula is C19H33N. The summed E-state index contributed by atoms with van der Waals surface area (Å²) in [4.78, 5) is 0. The Morgan fingerprint density at radius 3 is 2.10 bits per heavy atom. The Hall–Kier alpha value is -0.820. The first-order chi connectivity index (χ1) is 9.81. The van der Waals surface area contributed by atoms with Crippen molar-refractivity contribution in [3.05, 3.63) is 35.4 Å². The lowest BCUT2D eigenvalue weighted by Gasteiger charge is -2.17. The van der Waals surface area contributed by atoms with Gasteiger partial charge < -0.3 is 5.73 Å². The van der Waals surface area contributed by atoms with Crippen LogP contribution in [0.5, 0.6) is 0 Å². The predicted molar refractivity (Wildman–Crippen MR) is 90.2 cm³/mol. The number of nitrogens with two attached hydrogens (primary N) is 1. The van der Waals surface area contributed by atoms with E-state index in [1.54, 1.807) is 0 Å². The van der Waals surface area contributed by atoms with E-state index < -0.39 is 0 Å². The van der Waals surface area contributed by atoms with Crippen LogP contribution in [0, 0.1) is 0 Å². The molecular weight excluding hydrogens is 242 g/mol. The zero-order valence-electron chi connectivity index (χ0n) is 13.5.